The third-order valence-electron chi connectivity index (χ3n) is 4.15. The fourth-order valence-corrected chi connectivity index (χ4v) is 3.02. The second-order valence-electron chi connectivity index (χ2n) is 5.66. The maximum absolute atomic E-state index is 5.20. The van der Waals surface area contributed by atoms with Gasteiger partial charge < -0.3 is 10.1 Å². The number of pyridine rings is 1. The van der Waals surface area contributed by atoms with E-state index in [1.165, 1.54) is 19.4 Å². The van der Waals surface area contributed by atoms with Gasteiger partial charge in [0, 0.05) is 25.2 Å². The molecule has 0 spiro atoms. The second kappa shape index (κ2) is 7.60. The van der Waals surface area contributed by atoms with Crippen LogP contribution in [0.25, 0.3) is 0 Å². The predicted octanol–water partition coefficient (Wildman–Crippen LogP) is 2.30. The lowest BCUT2D eigenvalue weighted by molar-refractivity contribution is 0.143. The molecule has 1 aliphatic rings. The molecule has 1 aromatic rings. The van der Waals surface area contributed by atoms with Crippen LogP contribution in [0.2, 0.25) is 0 Å². The van der Waals surface area contributed by atoms with E-state index in [0.717, 1.165) is 31.2 Å². The minimum Gasteiger partial charge on any atom is -0.481 e. The van der Waals surface area contributed by atoms with Crippen LogP contribution in [0.4, 0.5) is 0 Å². The van der Waals surface area contributed by atoms with Gasteiger partial charge in [-0.05, 0) is 44.8 Å². The molecule has 0 bridgehead atoms. The highest BCUT2D eigenvalue weighted by atomic mass is 16.5. The van der Waals surface area contributed by atoms with Crippen molar-refractivity contribution in [3.8, 4) is 5.88 Å². The molecule has 1 saturated heterocycles. The van der Waals surface area contributed by atoms with Crippen LogP contribution >= 0.6 is 0 Å². The number of ether oxygens (including phenoxy) is 1. The standard InChI is InChI=1S/C16H27N3O/c1-4-17-13(2)14-7-6-10-19(11-14)12-15-8-5-9-16(18-15)20-3/h5,8-9,13-14,17H,4,6-7,10-12H2,1-3H3. The Bertz CT molecular complexity index is 410. The summed E-state index contributed by atoms with van der Waals surface area (Å²) >= 11 is 0. The summed E-state index contributed by atoms with van der Waals surface area (Å²) in [6.07, 6.45) is 2.61. The van der Waals surface area contributed by atoms with Gasteiger partial charge in [0.25, 0.3) is 0 Å². The predicted molar refractivity (Wildman–Crippen MR) is 81.9 cm³/mol. The third kappa shape index (κ3) is 4.18. The normalized spacial score (nSPS) is 21.6. The zero-order valence-corrected chi connectivity index (χ0v) is 12.9. The van der Waals surface area contributed by atoms with Gasteiger partial charge in [-0.3, -0.25) is 4.90 Å². The average molecular weight is 277 g/mol. The van der Waals surface area contributed by atoms with Crippen LogP contribution in [0.1, 0.15) is 32.4 Å². The maximum atomic E-state index is 5.20. The number of hydrogen-bond acceptors (Lipinski definition) is 4. The first-order chi connectivity index (χ1) is 9.72. The zero-order valence-electron chi connectivity index (χ0n) is 12.9. The molecule has 20 heavy (non-hydrogen) atoms. The van der Waals surface area contributed by atoms with Gasteiger partial charge >= 0.3 is 0 Å². The molecule has 1 fully saturated rings. The molecule has 4 nitrogen and oxygen atoms in total. The minimum atomic E-state index is 0.598. The highest BCUT2D eigenvalue weighted by Crippen LogP contribution is 2.21. The first-order valence-electron chi connectivity index (χ1n) is 7.68. The van der Waals surface area contributed by atoms with Gasteiger partial charge in [-0.25, -0.2) is 4.98 Å². The number of aromatic nitrogens is 1. The molecule has 0 amide bonds. The van der Waals surface area contributed by atoms with Gasteiger partial charge in [0.05, 0.1) is 12.8 Å². The molecule has 0 radical (unpaired) electrons. The SMILES string of the molecule is CCNC(C)C1CCCN(Cc2cccc(OC)n2)C1. The second-order valence-corrected chi connectivity index (χ2v) is 5.66. The number of rotatable bonds is 6. The van der Waals surface area contributed by atoms with Crippen LogP contribution < -0.4 is 10.1 Å². The van der Waals surface area contributed by atoms with E-state index in [0.29, 0.717) is 11.9 Å². The van der Waals surface area contributed by atoms with E-state index in [4.69, 9.17) is 4.74 Å². The molecule has 2 rings (SSSR count). The summed E-state index contributed by atoms with van der Waals surface area (Å²) in [5, 5.41) is 3.56. The largest absolute Gasteiger partial charge is 0.481 e. The number of nitrogens with one attached hydrogen (secondary N) is 1. The summed E-state index contributed by atoms with van der Waals surface area (Å²) in [5.74, 6) is 1.45. The molecule has 1 N–H and O–H groups in total. The van der Waals surface area contributed by atoms with E-state index in [2.05, 4.69) is 35.1 Å². The lowest BCUT2D eigenvalue weighted by Gasteiger charge is -2.35. The van der Waals surface area contributed by atoms with E-state index in [-0.39, 0.29) is 0 Å². The van der Waals surface area contributed by atoms with Crippen molar-refractivity contribution in [2.75, 3.05) is 26.7 Å². The maximum Gasteiger partial charge on any atom is 0.213 e. The minimum absolute atomic E-state index is 0.598. The summed E-state index contributed by atoms with van der Waals surface area (Å²) < 4.78 is 5.20. The van der Waals surface area contributed by atoms with Gasteiger partial charge in [-0.1, -0.05) is 13.0 Å². The van der Waals surface area contributed by atoms with Crippen molar-refractivity contribution >= 4 is 0 Å². The van der Waals surface area contributed by atoms with Crippen molar-refractivity contribution in [1.82, 2.24) is 15.2 Å². The Morgan fingerprint density at radius 3 is 3.10 bits per heavy atom. The van der Waals surface area contributed by atoms with E-state index in [9.17, 15) is 0 Å². The number of methoxy groups -OCH3 is 1. The Hall–Kier alpha value is -1.13. The van der Waals surface area contributed by atoms with Crippen LogP contribution in [-0.2, 0) is 6.54 Å². The number of likely N-dealkylation sites (tertiary alicyclic amines) is 1. The van der Waals surface area contributed by atoms with Crippen molar-refractivity contribution in [2.24, 2.45) is 5.92 Å². The molecule has 1 aromatic heterocycles. The Morgan fingerprint density at radius 2 is 2.35 bits per heavy atom. The molecule has 2 atom stereocenters. The molecule has 0 aliphatic carbocycles. The Morgan fingerprint density at radius 1 is 1.50 bits per heavy atom. The first-order valence-corrected chi connectivity index (χ1v) is 7.68. The van der Waals surface area contributed by atoms with Crippen molar-refractivity contribution < 1.29 is 4.74 Å². The summed E-state index contributed by atoms with van der Waals surface area (Å²) in [5.41, 5.74) is 1.10. The zero-order chi connectivity index (χ0) is 14.4. The molecular formula is C16H27N3O. The van der Waals surface area contributed by atoms with Crippen LogP contribution in [0.15, 0.2) is 18.2 Å². The van der Waals surface area contributed by atoms with E-state index in [1.54, 1.807) is 7.11 Å². The number of nitrogens with zero attached hydrogens (tertiary/aromatic N) is 2. The van der Waals surface area contributed by atoms with Crippen LogP contribution in [0.3, 0.4) is 0 Å². The Labute approximate surface area is 122 Å². The number of piperidine rings is 1. The van der Waals surface area contributed by atoms with Gasteiger partial charge in [0.2, 0.25) is 5.88 Å². The van der Waals surface area contributed by atoms with Crippen molar-refractivity contribution in [2.45, 2.75) is 39.3 Å². The molecule has 1 aliphatic heterocycles. The van der Waals surface area contributed by atoms with E-state index in [1.807, 2.05) is 12.1 Å². The first kappa shape index (κ1) is 15.3. The topological polar surface area (TPSA) is 37.4 Å². The summed E-state index contributed by atoms with van der Waals surface area (Å²) in [4.78, 5) is 7.03. The van der Waals surface area contributed by atoms with Crippen molar-refractivity contribution in [3.05, 3.63) is 23.9 Å². The molecule has 2 heterocycles. The van der Waals surface area contributed by atoms with Gasteiger partial charge in [0.1, 0.15) is 0 Å². The highest BCUT2D eigenvalue weighted by molar-refractivity contribution is 5.15. The lowest BCUT2D eigenvalue weighted by Crippen LogP contribution is -2.44. The fraction of sp³-hybridized carbons (Fsp3) is 0.688. The molecule has 0 aromatic carbocycles. The Balaban J connectivity index is 1.92. The molecule has 112 valence electrons. The quantitative estimate of drug-likeness (QED) is 0.866. The van der Waals surface area contributed by atoms with E-state index < -0.39 is 0 Å². The molecule has 2 unspecified atom stereocenters. The van der Waals surface area contributed by atoms with Gasteiger partial charge in [0.15, 0.2) is 0 Å². The molecule has 0 saturated carbocycles. The van der Waals surface area contributed by atoms with E-state index >= 15 is 0 Å². The lowest BCUT2D eigenvalue weighted by atomic mass is 9.91. The number of hydrogen-bond donors (Lipinski definition) is 1. The summed E-state index contributed by atoms with van der Waals surface area (Å²) in [6.45, 7) is 8.79. The summed E-state index contributed by atoms with van der Waals surface area (Å²) in [6, 6.07) is 6.60. The third-order valence-corrected chi connectivity index (χ3v) is 4.15. The molecule has 4 heteroatoms. The Kier molecular flexibility index (Phi) is 5.80. The van der Waals surface area contributed by atoms with Gasteiger partial charge in [-0.15, -0.1) is 0 Å². The smallest absolute Gasteiger partial charge is 0.213 e. The van der Waals surface area contributed by atoms with Crippen LogP contribution in [0, 0.1) is 5.92 Å². The highest BCUT2D eigenvalue weighted by Gasteiger charge is 2.24. The summed E-state index contributed by atoms with van der Waals surface area (Å²) in [7, 11) is 1.67. The van der Waals surface area contributed by atoms with Crippen LogP contribution in [0.5, 0.6) is 5.88 Å². The fourth-order valence-electron chi connectivity index (χ4n) is 3.02. The van der Waals surface area contributed by atoms with Crippen molar-refractivity contribution in [3.63, 3.8) is 0 Å². The van der Waals surface area contributed by atoms with Gasteiger partial charge in [-0.2, -0.15) is 0 Å². The van der Waals surface area contributed by atoms with Crippen LogP contribution in [-0.4, -0.2) is 42.7 Å². The monoisotopic (exact) mass is 277 g/mol. The molecular weight excluding hydrogens is 250 g/mol. The van der Waals surface area contributed by atoms with Crippen molar-refractivity contribution in [1.29, 1.82) is 0 Å². The average Bonchev–Trinajstić information content (AvgIpc) is 2.48.